The van der Waals surface area contributed by atoms with Crippen molar-refractivity contribution in [3.8, 4) is 5.75 Å². The number of rotatable bonds is 3. The molecule has 0 spiro atoms. The average molecular weight is 369 g/mol. The van der Waals surface area contributed by atoms with Gasteiger partial charge in [0, 0.05) is 55.5 Å². The molecule has 0 radical (unpaired) electrons. The summed E-state index contributed by atoms with van der Waals surface area (Å²) in [6, 6.07) is 4.37. The van der Waals surface area contributed by atoms with Gasteiger partial charge in [-0.25, -0.2) is 0 Å². The molecular weight excluding hydrogens is 344 g/mol. The van der Waals surface area contributed by atoms with Crippen LogP contribution in [0.15, 0.2) is 16.6 Å². The van der Waals surface area contributed by atoms with Gasteiger partial charge in [0.1, 0.15) is 5.75 Å². The highest BCUT2D eigenvalue weighted by Gasteiger charge is 2.33. The van der Waals surface area contributed by atoms with Gasteiger partial charge < -0.3 is 15.2 Å². The minimum Gasteiger partial charge on any atom is -0.507 e. The van der Waals surface area contributed by atoms with Crippen LogP contribution in [0.1, 0.15) is 30.0 Å². The molecule has 0 amide bonds. The summed E-state index contributed by atoms with van der Waals surface area (Å²) in [7, 11) is 0. The van der Waals surface area contributed by atoms with Gasteiger partial charge in [-0.3, -0.25) is 4.90 Å². The van der Waals surface area contributed by atoms with E-state index in [0.717, 1.165) is 67.8 Å². The molecule has 2 aliphatic rings. The van der Waals surface area contributed by atoms with Crippen LogP contribution in [0.3, 0.4) is 0 Å². The summed E-state index contributed by atoms with van der Waals surface area (Å²) in [6.07, 6.45) is 2.14. The molecule has 2 N–H and O–H groups in total. The second-order valence-electron chi connectivity index (χ2n) is 6.34. The Bertz CT molecular complexity index is 494. The van der Waals surface area contributed by atoms with Crippen LogP contribution in [0.5, 0.6) is 5.75 Å². The van der Waals surface area contributed by atoms with Crippen LogP contribution in [0.25, 0.3) is 0 Å². The largest absolute Gasteiger partial charge is 0.507 e. The first-order valence-electron chi connectivity index (χ1n) is 8.18. The standard InChI is InChI=1S/C17H25BrN2O2/c1-12-10-14(18)11-15(17(12)21)16(13-2-8-22-9-3-13)20-6-4-19-5-7-20/h10-11,13,16,19,21H,2-9H2,1H3/t16-/m0/s1. The normalized spacial score (nSPS) is 22.6. The van der Waals surface area contributed by atoms with Gasteiger partial charge in [0.25, 0.3) is 0 Å². The topological polar surface area (TPSA) is 44.7 Å². The number of nitrogens with zero attached hydrogens (tertiary/aromatic N) is 1. The van der Waals surface area contributed by atoms with Crippen LogP contribution in [-0.2, 0) is 4.74 Å². The zero-order valence-electron chi connectivity index (χ0n) is 13.1. The van der Waals surface area contributed by atoms with Gasteiger partial charge in [-0.05, 0) is 43.4 Å². The molecule has 0 aromatic heterocycles. The number of halogens is 1. The van der Waals surface area contributed by atoms with Gasteiger partial charge in [-0.15, -0.1) is 0 Å². The third-order valence-electron chi connectivity index (χ3n) is 4.87. The number of piperazine rings is 1. The Kier molecular flexibility index (Phi) is 5.39. The molecule has 4 nitrogen and oxygen atoms in total. The van der Waals surface area contributed by atoms with Gasteiger partial charge in [0.15, 0.2) is 0 Å². The first-order chi connectivity index (χ1) is 10.7. The monoisotopic (exact) mass is 368 g/mol. The van der Waals surface area contributed by atoms with E-state index < -0.39 is 0 Å². The van der Waals surface area contributed by atoms with Crippen molar-refractivity contribution in [2.75, 3.05) is 39.4 Å². The molecule has 1 aromatic carbocycles. The molecular formula is C17H25BrN2O2. The van der Waals surface area contributed by atoms with E-state index in [4.69, 9.17) is 4.74 Å². The molecule has 2 heterocycles. The van der Waals surface area contributed by atoms with Crippen molar-refractivity contribution in [3.05, 3.63) is 27.7 Å². The smallest absolute Gasteiger partial charge is 0.123 e. The van der Waals surface area contributed by atoms with Crippen molar-refractivity contribution in [2.24, 2.45) is 5.92 Å². The Morgan fingerprint density at radius 3 is 2.64 bits per heavy atom. The molecule has 122 valence electrons. The SMILES string of the molecule is Cc1cc(Br)cc([C@H](C2CCOCC2)N2CCNCC2)c1O. The Morgan fingerprint density at radius 1 is 1.27 bits per heavy atom. The van der Waals surface area contributed by atoms with Gasteiger partial charge in [-0.2, -0.15) is 0 Å². The molecule has 0 bridgehead atoms. The Hall–Kier alpha value is -0.620. The second kappa shape index (κ2) is 7.30. The number of hydrogen-bond donors (Lipinski definition) is 2. The van der Waals surface area contributed by atoms with Crippen molar-refractivity contribution in [2.45, 2.75) is 25.8 Å². The van der Waals surface area contributed by atoms with Crippen LogP contribution < -0.4 is 5.32 Å². The molecule has 2 saturated heterocycles. The van der Waals surface area contributed by atoms with Gasteiger partial charge in [0.05, 0.1) is 0 Å². The van der Waals surface area contributed by atoms with Crippen molar-refractivity contribution in [3.63, 3.8) is 0 Å². The van der Waals surface area contributed by atoms with Crippen molar-refractivity contribution in [1.29, 1.82) is 0 Å². The van der Waals surface area contributed by atoms with Gasteiger partial charge in [-0.1, -0.05) is 15.9 Å². The number of benzene rings is 1. The lowest BCUT2D eigenvalue weighted by molar-refractivity contribution is 0.0206. The summed E-state index contributed by atoms with van der Waals surface area (Å²) >= 11 is 3.60. The highest BCUT2D eigenvalue weighted by Crippen LogP contribution is 2.41. The quantitative estimate of drug-likeness (QED) is 0.860. The Labute approximate surface area is 141 Å². The molecule has 0 saturated carbocycles. The highest BCUT2D eigenvalue weighted by molar-refractivity contribution is 9.10. The molecule has 1 aromatic rings. The van der Waals surface area contributed by atoms with E-state index in [1.165, 1.54) is 0 Å². The predicted octanol–water partition coefficient (Wildman–Crippen LogP) is 2.84. The van der Waals surface area contributed by atoms with E-state index in [9.17, 15) is 5.11 Å². The predicted molar refractivity (Wildman–Crippen MR) is 91.3 cm³/mol. The summed E-state index contributed by atoms with van der Waals surface area (Å²) in [6.45, 7) is 7.76. The molecule has 0 unspecified atom stereocenters. The maximum absolute atomic E-state index is 10.7. The third-order valence-corrected chi connectivity index (χ3v) is 5.33. The first kappa shape index (κ1) is 16.2. The molecule has 22 heavy (non-hydrogen) atoms. The maximum atomic E-state index is 10.7. The fourth-order valence-corrected chi connectivity index (χ4v) is 4.32. The maximum Gasteiger partial charge on any atom is 0.123 e. The summed E-state index contributed by atoms with van der Waals surface area (Å²) in [5.74, 6) is 1.00. The number of aryl methyl sites for hydroxylation is 1. The number of hydrogen-bond acceptors (Lipinski definition) is 4. The summed E-state index contributed by atoms with van der Waals surface area (Å²) in [5, 5.41) is 14.1. The van der Waals surface area contributed by atoms with Crippen molar-refractivity contribution in [1.82, 2.24) is 10.2 Å². The third kappa shape index (κ3) is 3.48. The van der Waals surface area contributed by atoms with Crippen LogP contribution in [0.4, 0.5) is 0 Å². The Balaban J connectivity index is 1.96. The lowest BCUT2D eigenvalue weighted by Crippen LogP contribution is -2.47. The molecule has 1 atom stereocenters. The molecule has 0 aliphatic carbocycles. The fourth-order valence-electron chi connectivity index (χ4n) is 3.73. The lowest BCUT2D eigenvalue weighted by atomic mass is 9.84. The van der Waals surface area contributed by atoms with Crippen LogP contribution >= 0.6 is 15.9 Å². The molecule has 5 heteroatoms. The summed E-state index contributed by atoms with van der Waals surface area (Å²) in [4.78, 5) is 2.54. The van der Waals surface area contributed by atoms with Crippen LogP contribution in [0, 0.1) is 12.8 Å². The van der Waals surface area contributed by atoms with Gasteiger partial charge in [0.2, 0.25) is 0 Å². The van der Waals surface area contributed by atoms with E-state index >= 15 is 0 Å². The zero-order valence-corrected chi connectivity index (χ0v) is 14.7. The Morgan fingerprint density at radius 2 is 1.95 bits per heavy atom. The fraction of sp³-hybridized carbons (Fsp3) is 0.647. The van der Waals surface area contributed by atoms with E-state index in [1.54, 1.807) is 0 Å². The number of phenolic OH excluding ortho intramolecular Hbond substituents is 1. The second-order valence-corrected chi connectivity index (χ2v) is 7.26. The first-order valence-corrected chi connectivity index (χ1v) is 8.97. The molecule has 3 rings (SSSR count). The minimum atomic E-state index is 0.280. The molecule has 2 fully saturated rings. The minimum absolute atomic E-state index is 0.280. The number of aromatic hydroxyl groups is 1. The van der Waals surface area contributed by atoms with E-state index in [-0.39, 0.29) is 6.04 Å². The van der Waals surface area contributed by atoms with Crippen LogP contribution in [0.2, 0.25) is 0 Å². The van der Waals surface area contributed by atoms with Crippen LogP contribution in [-0.4, -0.2) is 49.4 Å². The highest BCUT2D eigenvalue weighted by atomic mass is 79.9. The average Bonchev–Trinajstić information content (AvgIpc) is 2.54. The van der Waals surface area contributed by atoms with Crippen molar-refractivity contribution < 1.29 is 9.84 Å². The summed E-state index contributed by atoms with van der Waals surface area (Å²) < 4.78 is 6.59. The summed E-state index contributed by atoms with van der Waals surface area (Å²) in [5.41, 5.74) is 2.01. The van der Waals surface area contributed by atoms with E-state index in [2.05, 4.69) is 32.2 Å². The van der Waals surface area contributed by atoms with E-state index in [0.29, 0.717) is 11.7 Å². The van der Waals surface area contributed by atoms with E-state index in [1.807, 2.05) is 13.0 Å². The molecule has 2 aliphatic heterocycles. The zero-order chi connectivity index (χ0) is 15.5. The van der Waals surface area contributed by atoms with Crippen molar-refractivity contribution >= 4 is 15.9 Å². The number of phenols is 1. The number of ether oxygens (including phenoxy) is 1. The number of nitrogens with one attached hydrogen (secondary N) is 1. The van der Waals surface area contributed by atoms with Gasteiger partial charge >= 0.3 is 0 Å². The lowest BCUT2D eigenvalue weighted by Gasteiger charge is -2.41.